The van der Waals surface area contributed by atoms with Crippen LogP contribution in [0.15, 0.2) is 36.4 Å². The molecule has 0 bridgehead atoms. The molecule has 4 heteroatoms. The average molecular weight is 298 g/mol. The number of methoxy groups -OCH3 is 2. The van der Waals surface area contributed by atoms with E-state index in [0.29, 0.717) is 33.8 Å². The second-order valence-electron chi connectivity index (χ2n) is 5.02. The summed E-state index contributed by atoms with van der Waals surface area (Å²) in [5.74, 6) is 0.270. The van der Waals surface area contributed by atoms with E-state index in [1.807, 2.05) is 0 Å². The Balaban J connectivity index is 2.35. The topological polar surface area (TPSA) is 52.6 Å². The van der Waals surface area contributed by atoms with E-state index >= 15 is 0 Å². The maximum absolute atomic E-state index is 12.5. The normalized spacial score (nSPS) is 10.2. The van der Waals surface area contributed by atoms with Gasteiger partial charge in [0.25, 0.3) is 0 Å². The molecule has 0 N–H and O–H groups in total. The highest BCUT2D eigenvalue weighted by atomic mass is 16.5. The Morgan fingerprint density at radius 2 is 1.09 bits per heavy atom. The van der Waals surface area contributed by atoms with Crippen LogP contribution in [-0.2, 0) is 0 Å². The summed E-state index contributed by atoms with van der Waals surface area (Å²) >= 11 is 0. The standard InChI is InChI=1S/C18H18O4/c1-11-9-13(21-3)5-7-15(11)17(19)18(20)16-8-6-14(22-4)10-12(16)2/h5-10H,1-4H3. The third kappa shape index (κ3) is 3.01. The van der Waals surface area contributed by atoms with Gasteiger partial charge in [-0.05, 0) is 61.4 Å². The quantitative estimate of drug-likeness (QED) is 0.627. The minimum Gasteiger partial charge on any atom is -0.497 e. The molecular formula is C18H18O4. The minimum atomic E-state index is -0.520. The number of benzene rings is 2. The van der Waals surface area contributed by atoms with Crippen molar-refractivity contribution in [3.8, 4) is 11.5 Å². The zero-order valence-corrected chi connectivity index (χ0v) is 13.1. The second-order valence-corrected chi connectivity index (χ2v) is 5.02. The lowest BCUT2D eigenvalue weighted by atomic mass is 9.95. The number of aryl methyl sites for hydroxylation is 2. The largest absolute Gasteiger partial charge is 0.497 e. The summed E-state index contributed by atoms with van der Waals surface area (Å²) in [6.45, 7) is 3.56. The zero-order chi connectivity index (χ0) is 16.3. The van der Waals surface area contributed by atoms with Crippen LogP contribution in [0.2, 0.25) is 0 Å². The molecule has 0 atom stereocenters. The number of rotatable bonds is 5. The van der Waals surface area contributed by atoms with Gasteiger partial charge in [0.1, 0.15) is 11.5 Å². The number of ketones is 2. The Kier molecular flexibility index (Phi) is 4.61. The first-order valence-electron chi connectivity index (χ1n) is 6.86. The lowest BCUT2D eigenvalue weighted by molar-refractivity contribution is 0.0816. The molecule has 0 aliphatic carbocycles. The minimum absolute atomic E-state index is 0.390. The Bertz CT molecular complexity index is 668. The number of carbonyl (C=O) groups excluding carboxylic acids is 2. The molecule has 2 rings (SSSR count). The highest BCUT2D eigenvalue weighted by Crippen LogP contribution is 2.21. The van der Waals surface area contributed by atoms with Crippen LogP contribution < -0.4 is 9.47 Å². The molecule has 0 aliphatic rings. The van der Waals surface area contributed by atoms with Crippen LogP contribution in [0.25, 0.3) is 0 Å². The average Bonchev–Trinajstić information content (AvgIpc) is 2.53. The van der Waals surface area contributed by atoms with Gasteiger partial charge in [-0.15, -0.1) is 0 Å². The van der Waals surface area contributed by atoms with Crippen molar-refractivity contribution in [2.24, 2.45) is 0 Å². The Morgan fingerprint density at radius 3 is 1.36 bits per heavy atom. The maximum atomic E-state index is 12.5. The van der Waals surface area contributed by atoms with Gasteiger partial charge in [-0.3, -0.25) is 9.59 Å². The monoisotopic (exact) mass is 298 g/mol. The molecular weight excluding hydrogens is 280 g/mol. The summed E-state index contributed by atoms with van der Waals surface area (Å²) in [6, 6.07) is 10.1. The van der Waals surface area contributed by atoms with E-state index in [2.05, 4.69) is 0 Å². The Morgan fingerprint density at radius 1 is 0.727 bits per heavy atom. The molecule has 0 fully saturated rings. The molecule has 0 unspecified atom stereocenters. The molecule has 0 heterocycles. The van der Waals surface area contributed by atoms with Gasteiger partial charge in [-0.2, -0.15) is 0 Å². The van der Waals surface area contributed by atoms with E-state index in [-0.39, 0.29) is 0 Å². The fourth-order valence-electron chi connectivity index (χ4n) is 2.28. The number of hydrogen-bond acceptors (Lipinski definition) is 4. The third-order valence-electron chi connectivity index (χ3n) is 3.56. The number of ether oxygens (including phenoxy) is 2. The molecule has 0 saturated carbocycles. The molecule has 2 aromatic carbocycles. The molecule has 2 aromatic rings. The molecule has 4 nitrogen and oxygen atoms in total. The van der Waals surface area contributed by atoms with Crippen molar-refractivity contribution >= 4 is 11.6 Å². The number of carbonyl (C=O) groups is 2. The molecule has 114 valence electrons. The van der Waals surface area contributed by atoms with Crippen molar-refractivity contribution in [2.75, 3.05) is 14.2 Å². The smallest absolute Gasteiger partial charge is 0.233 e. The van der Waals surface area contributed by atoms with E-state index in [1.165, 1.54) is 0 Å². The van der Waals surface area contributed by atoms with Gasteiger partial charge in [-0.1, -0.05) is 0 Å². The van der Waals surface area contributed by atoms with Crippen LogP contribution in [0.5, 0.6) is 11.5 Å². The molecule has 0 amide bonds. The summed E-state index contributed by atoms with van der Waals surface area (Å²) in [5.41, 5.74) is 2.20. The van der Waals surface area contributed by atoms with Crippen molar-refractivity contribution in [2.45, 2.75) is 13.8 Å². The summed E-state index contributed by atoms with van der Waals surface area (Å²) in [4.78, 5) is 24.9. The molecule has 0 saturated heterocycles. The summed E-state index contributed by atoms with van der Waals surface area (Å²) in [5, 5.41) is 0. The first-order valence-corrected chi connectivity index (χ1v) is 6.86. The SMILES string of the molecule is COc1ccc(C(=O)C(=O)c2ccc(OC)cc2C)c(C)c1. The van der Waals surface area contributed by atoms with E-state index in [1.54, 1.807) is 64.5 Å². The van der Waals surface area contributed by atoms with Crippen LogP contribution in [-0.4, -0.2) is 25.8 Å². The fraction of sp³-hybridized carbons (Fsp3) is 0.222. The van der Waals surface area contributed by atoms with Crippen LogP contribution >= 0.6 is 0 Å². The summed E-state index contributed by atoms with van der Waals surface area (Å²) < 4.78 is 10.2. The lowest BCUT2D eigenvalue weighted by Crippen LogP contribution is -2.17. The molecule has 0 aromatic heterocycles. The fourth-order valence-corrected chi connectivity index (χ4v) is 2.28. The van der Waals surface area contributed by atoms with Gasteiger partial charge >= 0.3 is 0 Å². The van der Waals surface area contributed by atoms with Crippen molar-refractivity contribution in [1.29, 1.82) is 0 Å². The lowest BCUT2D eigenvalue weighted by Gasteiger charge is -2.09. The number of hydrogen-bond donors (Lipinski definition) is 0. The van der Waals surface area contributed by atoms with Crippen LogP contribution in [0.3, 0.4) is 0 Å². The van der Waals surface area contributed by atoms with Crippen molar-refractivity contribution in [3.63, 3.8) is 0 Å². The maximum Gasteiger partial charge on any atom is 0.233 e. The zero-order valence-electron chi connectivity index (χ0n) is 13.1. The predicted molar refractivity (Wildman–Crippen MR) is 84.1 cm³/mol. The van der Waals surface area contributed by atoms with Gasteiger partial charge in [0.15, 0.2) is 0 Å². The first kappa shape index (κ1) is 15.8. The van der Waals surface area contributed by atoms with E-state index < -0.39 is 11.6 Å². The van der Waals surface area contributed by atoms with Crippen LogP contribution in [0.1, 0.15) is 31.8 Å². The van der Waals surface area contributed by atoms with Gasteiger partial charge in [0.2, 0.25) is 11.6 Å². The third-order valence-corrected chi connectivity index (χ3v) is 3.56. The van der Waals surface area contributed by atoms with Crippen LogP contribution in [0.4, 0.5) is 0 Å². The van der Waals surface area contributed by atoms with Crippen molar-refractivity contribution in [1.82, 2.24) is 0 Å². The Labute approximate surface area is 129 Å². The predicted octanol–water partition coefficient (Wildman–Crippen LogP) is 3.39. The molecule has 0 radical (unpaired) electrons. The molecule has 0 spiro atoms. The Hall–Kier alpha value is -2.62. The van der Waals surface area contributed by atoms with Gasteiger partial charge < -0.3 is 9.47 Å². The highest BCUT2D eigenvalue weighted by Gasteiger charge is 2.22. The second kappa shape index (κ2) is 6.43. The molecule has 0 aliphatic heterocycles. The van der Waals surface area contributed by atoms with E-state index in [0.717, 1.165) is 0 Å². The molecule has 22 heavy (non-hydrogen) atoms. The van der Waals surface area contributed by atoms with Gasteiger partial charge in [0.05, 0.1) is 14.2 Å². The van der Waals surface area contributed by atoms with Crippen LogP contribution in [0, 0.1) is 13.8 Å². The van der Waals surface area contributed by atoms with E-state index in [4.69, 9.17) is 9.47 Å². The first-order chi connectivity index (χ1) is 10.5. The summed E-state index contributed by atoms with van der Waals surface area (Å²) in [7, 11) is 3.12. The number of Topliss-reactive ketones (excluding diaryl/α,β-unsaturated/α-hetero) is 2. The van der Waals surface area contributed by atoms with Gasteiger partial charge in [0, 0.05) is 11.1 Å². The highest BCUT2D eigenvalue weighted by molar-refractivity contribution is 6.49. The van der Waals surface area contributed by atoms with Gasteiger partial charge in [-0.25, -0.2) is 0 Å². The van der Waals surface area contributed by atoms with Crippen molar-refractivity contribution < 1.29 is 19.1 Å². The van der Waals surface area contributed by atoms with Crippen molar-refractivity contribution in [3.05, 3.63) is 58.7 Å². The summed E-state index contributed by atoms with van der Waals surface area (Å²) in [6.07, 6.45) is 0. The van der Waals surface area contributed by atoms with E-state index in [9.17, 15) is 9.59 Å².